The third kappa shape index (κ3) is 8.77. The number of aliphatic hydroxyl groups excluding tert-OH is 3. The molecule has 0 fully saturated rings. The fourth-order valence-corrected chi connectivity index (χ4v) is 0.338. The van der Waals surface area contributed by atoms with Crippen molar-refractivity contribution in [2.75, 3.05) is 26.4 Å². The first-order valence-electron chi connectivity index (χ1n) is 5.12. The molecule has 0 radical (unpaired) electrons. The van der Waals surface area contributed by atoms with E-state index in [-0.39, 0.29) is 25.2 Å². The van der Waals surface area contributed by atoms with E-state index in [1.165, 1.54) is 0 Å². The highest BCUT2D eigenvalue weighted by Gasteiger charge is 2.19. The second kappa shape index (κ2) is 8.01. The molecule has 0 aromatic heterocycles. The van der Waals surface area contributed by atoms with Crippen LogP contribution in [-0.2, 0) is 0 Å². The topological polar surface area (TPSA) is 113 Å². The fourth-order valence-electron chi connectivity index (χ4n) is 0.338. The van der Waals surface area contributed by atoms with E-state index < -0.39 is 5.54 Å². The van der Waals surface area contributed by atoms with E-state index in [4.69, 9.17) is 26.8 Å². The lowest BCUT2D eigenvalue weighted by atomic mass is 9.96. The van der Waals surface area contributed by atoms with E-state index in [1.807, 2.05) is 20.8 Å². The van der Waals surface area contributed by atoms with Gasteiger partial charge in [0.15, 0.2) is 0 Å². The first kappa shape index (κ1) is 17.2. The van der Waals surface area contributed by atoms with Crippen LogP contribution in [0, 0.1) is 5.41 Å². The molecule has 7 N–H and O–H groups in total. The maximum absolute atomic E-state index is 8.51. The Hall–Kier alpha value is -0.200. The molecule has 0 aromatic rings. The molecule has 5 heteroatoms. The third-order valence-electron chi connectivity index (χ3n) is 2.31. The van der Waals surface area contributed by atoms with Crippen LogP contribution in [0.3, 0.4) is 0 Å². The maximum atomic E-state index is 8.51. The van der Waals surface area contributed by atoms with Gasteiger partial charge in [-0.2, -0.15) is 0 Å². The van der Waals surface area contributed by atoms with E-state index in [9.17, 15) is 0 Å². The molecule has 0 spiro atoms. The van der Waals surface area contributed by atoms with Crippen LogP contribution in [0.4, 0.5) is 0 Å². The molecule has 15 heavy (non-hydrogen) atoms. The molecular formula is C10H26N2O3. The third-order valence-corrected chi connectivity index (χ3v) is 2.31. The van der Waals surface area contributed by atoms with Crippen molar-refractivity contribution in [2.24, 2.45) is 16.9 Å². The van der Waals surface area contributed by atoms with E-state index >= 15 is 0 Å². The van der Waals surface area contributed by atoms with Crippen LogP contribution < -0.4 is 11.5 Å². The van der Waals surface area contributed by atoms with Gasteiger partial charge in [0.05, 0.1) is 18.8 Å². The molecular weight excluding hydrogens is 196 g/mol. The van der Waals surface area contributed by atoms with Crippen LogP contribution in [-0.4, -0.2) is 47.2 Å². The zero-order valence-electron chi connectivity index (χ0n) is 10.0. The van der Waals surface area contributed by atoms with Crippen molar-refractivity contribution < 1.29 is 15.3 Å². The first-order chi connectivity index (χ1) is 6.80. The Balaban J connectivity index is 0. The van der Waals surface area contributed by atoms with Gasteiger partial charge in [-0.25, -0.2) is 0 Å². The first-order valence-corrected chi connectivity index (χ1v) is 5.12. The average Bonchev–Trinajstić information content (AvgIpc) is 2.29. The van der Waals surface area contributed by atoms with Crippen molar-refractivity contribution >= 4 is 0 Å². The summed E-state index contributed by atoms with van der Waals surface area (Å²) in [6, 6.07) is 0. The van der Waals surface area contributed by atoms with Gasteiger partial charge in [0.25, 0.3) is 0 Å². The molecule has 0 aliphatic carbocycles. The van der Waals surface area contributed by atoms with Gasteiger partial charge >= 0.3 is 0 Å². The Morgan fingerprint density at radius 2 is 1.40 bits per heavy atom. The van der Waals surface area contributed by atoms with Crippen molar-refractivity contribution in [1.82, 2.24) is 0 Å². The molecule has 0 aliphatic rings. The van der Waals surface area contributed by atoms with Crippen LogP contribution in [0.25, 0.3) is 0 Å². The summed E-state index contributed by atoms with van der Waals surface area (Å²) < 4.78 is 0. The van der Waals surface area contributed by atoms with Crippen molar-refractivity contribution in [3.63, 3.8) is 0 Å². The van der Waals surface area contributed by atoms with E-state index in [1.54, 1.807) is 0 Å². The minimum absolute atomic E-state index is 0.0833. The average molecular weight is 222 g/mol. The van der Waals surface area contributed by atoms with Gasteiger partial charge in [-0.3, -0.25) is 0 Å². The summed E-state index contributed by atoms with van der Waals surface area (Å²) in [4.78, 5) is 0. The lowest BCUT2D eigenvalue weighted by Gasteiger charge is -2.21. The summed E-state index contributed by atoms with van der Waals surface area (Å²) in [5, 5.41) is 25.5. The maximum Gasteiger partial charge on any atom is 0.0633 e. The van der Waals surface area contributed by atoms with Crippen molar-refractivity contribution in [3.8, 4) is 0 Å². The minimum Gasteiger partial charge on any atom is -0.396 e. The molecule has 0 bridgehead atoms. The fraction of sp³-hybridized carbons (Fsp3) is 1.00. The number of hydrogen-bond acceptors (Lipinski definition) is 5. The summed E-state index contributed by atoms with van der Waals surface area (Å²) in [6.07, 6.45) is 0.597. The molecule has 0 amide bonds. The zero-order valence-corrected chi connectivity index (χ0v) is 10.0. The number of hydrogen-bond donors (Lipinski definition) is 5. The highest BCUT2D eigenvalue weighted by atomic mass is 16.3. The second-order valence-corrected chi connectivity index (χ2v) is 4.56. The summed E-state index contributed by atoms with van der Waals surface area (Å²) in [7, 11) is 0. The monoisotopic (exact) mass is 222 g/mol. The quantitative estimate of drug-likeness (QED) is 0.411. The Bertz CT molecular complexity index is 133. The Morgan fingerprint density at radius 1 is 1.00 bits per heavy atom. The molecule has 0 saturated heterocycles. The standard InChI is InChI=1S/C5H13NO2.C5H13NO/c1-2-5(6,3-7)4-8;1-5(2,3-6)4-7/h7-8H,2-4,6H2,1H3;7H,3-4,6H2,1-2H3. The number of rotatable bonds is 5. The highest BCUT2D eigenvalue weighted by Crippen LogP contribution is 2.08. The predicted molar refractivity (Wildman–Crippen MR) is 61.3 cm³/mol. The van der Waals surface area contributed by atoms with Gasteiger partial charge in [-0.15, -0.1) is 0 Å². The van der Waals surface area contributed by atoms with Gasteiger partial charge in [0.2, 0.25) is 0 Å². The number of aliphatic hydroxyl groups is 3. The van der Waals surface area contributed by atoms with E-state index in [0.29, 0.717) is 13.0 Å². The van der Waals surface area contributed by atoms with Crippen molar-refractivity contribution in [2.45, 2.75) is 32.7 Å². The van der Waals surface area contributed by atoms with Crippen LogP contribution in [0.1, 0.15) is 27.2 Å². The predicted octanol–water partition coefficient (Wildman–Crippen LogP) is -0.958. The van der Waals surface area contributed by atoms with Crippen LogP contribution >= 0.6 is 0 Å². The van der Waals surface area contributed by atoms with E-state index in [2.05, 4.69) is 0 Å². The summed E-state index contributed by atoms with van der Waals surface area (Å²) in [5.41, 5.74) is 9.81. The zero-order chi connectivity index (χ0) is 12.5. The normalized spacial score (nSPS) is 12.0. The van der Waals surface area contributed by atoms with Gasteiger partial charge in [-0.1, -0.05) is 20.8 Å². The summed E-state index contributed by atoms with van der Waals surface area (Å²) in [5.74, 6) is 0. The molecule has 0 heterocycles. The molecule has 0 atom stereocenters. The summed E-state index contributed by atoms with van der Waals surface area (Å²) in [6.45, 7) is 6.08. The van der Waals surface area contributed by atoms with Gasteiger partial charge < -0.3 is 26.8 Å². The van der Waals surface area contributed by atoms with Gasteiger partial charge in [-0.05, 0) is 13.0 Å². The van der Waals surface area contributed by atoms with Gasteiger partial charge in [0, 0.05) is 12.0 Å². The van der Waals surface area contributed by atoms with Crippen LogP contribution in [0.2, 0.25) is 0 Å². The molecule has 0 aromatic carbocycles. The van der Waals surface area contributed by atoms with E-state index in [0.717, 1.165) is 0 Å². The second-order valence-electron chi connectivity index (χ2n) is 4.56. The molecule has 0 unspecified atom stereocenters. The lowest BCUT2D eigenvalue weighted by molar-refractivity contribution is 0.118. The Morgan fingerprint density at radius 3 is 1.40 bits per heavy atom. The minimum atomic E-state index is -0.764. The Kier molecular flexibility index (Phi) is 9.19. The smallest absolute Gasteiger partial charge is 0.0633 e. The highest BCUT2D eigenvalue weighted by molar-refractivity contribution is 4.79. The largest absolute Gasteiger partial charge is 0.396 e. The summed E-state index contributed by atoms with van der Waals surface area (Å²) >= 11 is 0. The molecule has 0 aliphatic heterocycles. The SMILES string of the molecule is CC(C)(CN)CO.CCC(N)(CO)CO. The van der Waals surface area contributed by atoms with Crippen LogP contribution in [0.15, 0.2) is 0 Å². The lowest BCUT2D eigenvalue weighted by Crippen LogP contribution is -2.46. The molecule has 0 rings (SSSR count). The van der Waals surface area contributed by atoms with Crippen molar-refractivity contribution in [3.05, 3.63) is 0 Å². The molecule has 94 valence electrons. The molecule has 0 saturated carbocycles. The number of nitrogens with two attached hydrogens (primary N) is 2. The van der Waals surface area contributed by atoms with Crippen molar-refractivity contribution in [1.29, 1.82) is 0 Å². The molecule has 5 nitrogen and oxygen atoms in total. The van der Waals surface area contributed by atoms with Crippen LogP contribution in [0.5, 0.6) is 0 Å². The van der Waals surface area contributed by atoms with Gasteiger partial charge in [0.1, 0.15) is 0 Å². The Labute approximate surface area is 92.1 Å².